The van der Waals surface area contributed by atoms with Gasteiger partial charge in [-0.2, -0.15) is 0 Å². The van der Waals surface area contributed by atoms with Gasteiger partial charge >= 0.3 is 0 Å². The third-order valence-electron chi connectivity index (χ3n) is 3.46. The Hall–Kier alpha value is -1.16. The maximum atomic E-state index is 4.50. The van der Waals surface area contributed by atoms with Gasteiger partial charge in [0.1, 0.15) is 0 Å². The Morgan fingerprint density at radius 3 is 3.17 bits per heavy atom. The summed E-state index contributed by atoms with van der Waals surface area (Å²) in [6.45, 7) is 5.21. The highest BCUT2D eigenvalue weighted by atomic mass is 32.2. The average molecular weight is 261 g/mol. The Labute approximate surface area is 113 Å². The van der Waals surface area contributed by atoms with Crippen molar-refractivity contribution in [3.05, 3.63) is 23.8 Å². The molecule has 1 aromatic carbocycles. The third kappa shape index (κ3) is 2.34. The van der Waals surface area contributed by atoms with Gasteiger partial charge in [-0.25, -0.2) is 0 Å². The van der Waals surface area contributed by atoms with Gasteiger partial charge in [-0.3, -0.25) is 4.99 Å². The number of anilines is 1. The van der Waals surface area contributed by atoms with Crippen LogP contribution in [-0.2, 0) is 0 Å². The lowest BCUT2D eigenvalue weighted by Gasteiger charge is -2.33. The standard InChI is InChI=1S/C14H19N3S/c1-10-3-4-13-12(7-10)17(2)9-11(18-13)8-14-15-5-6-16-14/h3-4,7,11H,5-6,8-9H2,1-2H3,(H,15,16). The predicted molar refractivity (Wildman–Crippen MR) is 79.0 cm³/mol. The maximum Gasteiger partial charge on any atom is 0.0976 e. The number of nitrogens with zero attached hydrogens (tertiary/aromatic N) is 2. The zero-order chi connectivity index (χ0) is 12.5. The number of nitrogens with one attached hydrogen (secondary N) is 1. The summed E-state index contributed by atoms with van der Waals surface area (Å²) in [6, 6.07) is 6.74. The fourth-order valence-electron chi connectivity index (χ4n) is 2.55. The fourth-order valence-corrected chi connectivity index (χ4v) is 3.93. The monoisotopic (exact) mass is 261 g/mol. The maximum absolute atomic E-state index is 4.50. The number of fused-ring (bicyclic) bond motifs is 1. The molecule has 1 aromatic rings. The molecule has 3 nitrogen and oxygen atoms in total. The van der Waals surface area contributed by atoms with E-state index in [1.807, 2.05) is 11.8 Å². The number of hydrogen-bond acceptors (Lipinski definition) is 4. The normalized spacial score (nSPS) is 22.4. The van der Waals surface area contributed by atoms with Crippen molar-refractivity contribution in [3.63, 3.8) is 0 Å². The molecule has 1 unspecified atom stereocenters. The van der Waals surface area contributed by atoms with E-state index < -0.39 is 0 Å². The molecular formula is C14H19N3S. The van der Waals surface area contributed by atoms with Gasteiger partial charge in [0.2, 0.25) is 0 Å². The van der Waals surface area contributed by atoms with Crippen molar-refractivity contribution in [3.8, 4) is 0 Å². The van der Waals surface area contributed by atoms with E-state index in [1.54, 1.807) is 0 Å². The lowest BCUT2D eigenvalue weighted by atomic mass is 10.2. The van der Waals surface area contributed by atoms with E-state index in [4.69, 9.17) is 0 Å². The van der Waals surface area contributed by atoms with E-state index in [9.17, 15) is 0 Å². The molecule has 0 spiro atoms. The van der Waals surface area contributed by atoms with Crippen molar-refractivity contribution in [2.45, 2.75) is 23.5 Å². The van der Waals surface area contributed by atoms with Gasteiger partial charge in [-0.1, -0.05) is 6.07 Å². The number of hydrogen-bond donors (Lipinski definition) is 1. The van der Waals surface area contributed by atoms with Crippen LogP contribution in [0.15, 0.2) is 28.1 Å². The van der Waals surface area contributed by atoms with Crippen LogP contribution in [0, 0.1) is 6.92 Å². The number of thioether (sulfide) groups is 1. The Morgan fingerprint density at radius 1 is 1.50 bits per heavy atom. The molecule has 0 saturated carbocycles. The first kappa shape index (κ1) is 11.9. The molecule has 2 aliphatic rings. The first-order chi connectivity index (χ1) is 8.72. The van der Waals surface area contributed by atoms with Crippen molar-refractivity contribution >= 4 is 23.3 Å². The number of aryl methyl sites for hydroxylation is 1. The SMILES string of the molecule is Cc1ccc2c(c1)N(C)CC(CC1=NCCN1)S2. The molecule has 0 aromatic heterocycles. The summed E-state index contributed by atoms with van der Waals surface area (Å²) in [5, 5.41) is 3.98. The lowest BCUT2D eigenvalue weighted by Crippen LogP contribution is -2.34. The minimum Gasteiger partial charge on any atom is -0.373 e. The molecule has 1 N–H and O–H groups in total. The van der Waals surface area contributed by atoms with Crippen LogP contribution in [-0.4, -0.2) is 37.8 Å². The molecule has 0 radical (unpaired) electrons. The van der Waals surface area contributed by atoms with Gasteiger partial charge in [-0.15, -0.1) is 11.8 Å². The van der Waals surface area contributed by atoms with Crippen LogP contribution >= 0.6 is 11.8 Å². The van der Waals surface area contributed by atoms with Crippen LogP contribution in [0.3, 0.4) is 0 Å². The summed E-state index contributed by atoms with van der Waals surface area (Å²) in [5.41, 5.74) is 2.71. The molecule has 1 atom stereocenters. The third-order valence-corrected chi connectivity index (χ3v) is 4.71. The topological polar surface area (TPSA) is 27.6 Å². The molecule has 18 heavy (non-hydrogen) atoms. The molecular weight excluding hydrogens is 242 g/mol. The highest BCUT2D eigenvalue weighted by Crippen LogP contribution is 2.39. The van der Waals surface area contributed by atoms with Gasteiger partial charge in [-0.05, 0) is 24.6 Å². The second-order valence-electron chi connectivity index (χ2n) is 5.05. The average Bonchev–Trinajstić information content (AvgIpc) is 2.83. The van der Waals surface area contributed by atoms with Crippen LogP contribution in [0.25, 0.3) is 0 Å². The summed E-state index contributed by atoms with van der Waals surface area (Å²) in [7, 11) is 2.19. The van der Waals surface area contributed by atoms with E-state index in [1.165, 1.54) is 22.0 Å². The van der Waals surface area contributed by atoms with Gasteiger partial charge in [0.15, 0.2) is 0 Å². The molecule has 0 bridgehead atoms. The lowest BCUT2D eigenvalue weighted by molar-refractivity contribution is 0.800. The zero-order valence-corrected chi connectivity index (χ0v) is 11.8. The van der Waals surface area contributed by atoms with Crippen molar-refractivity contribution in [2.24, 2.45) is 4.99 Å². The fraction of sp³-hybridized carbons (Fsp3) is 0.500. The number of aliphatic imine (C=N–C) groups is 1. The number of rotatable bonds is 2. The minimum absolute atomic E-state index is 0.606. The van der Waals surface area contributed by atoms with Gasteiger partial charge < -0.3 is 10.2 Å². The molecule has 2 heterocycles. The summed E-state index contributed by atoms with van der Waals surface area (Å²) >= 11 is 1.99. The molecule has 96 valence electrons. The predicted octanol–water partition coefficient (Wildman–Crippen LogP) is 2.30. The van der Waals surface area contributed by atoms with Crippen LogP contribution < -0.4 is 10.2 Å². The summed E-state index contributed by atoms with van der Waals surface area (Å²) in [4.78, 5) is 8.27. The molecule has 0 aliphatic carbocycles. The van der Waals surface area contributed by atoms with E-state index in [2.05, 4.69) is 47.4 Å². The van der Waals surface area contributed by atoms with Crippen molar-refractivity contribution in [2.75, 3.05) is 31.6 Å². The van der Waals surface area contributed by atoms with Crippen LogP contribution in [0.2, 0.25) is 0 Å². The Bertz CT molecular complexity index is 484. The van der Waals surface area contributed by atoms with Gasteiger partial charge in [0.05, 0.1) is 18.1 Å². The summed E-state index contributed by atoms with van der Waals surface area (Å²) in [6.07, 6.45) is 1.06. The smallest absolute Gasteiger partial charge is 0.0976 e. The second kappa shape index (κ2) is 4.84. The number of amidine groups is 1. The molecule has 0 fully saturated rings. The molecule has 3 rings (SSSR count). The van der Waals surface area contributed by atoms with Crippen molar-refractivity contribution in [1.82, 2.24) is 5.32 Å². The summed E-state index contributed by atoms with van der Waals surface area (Å²) in [5.74, 6) is 1.19. The van der Waals surface area contributed by atoms with Crippen molar-refractivity contribution in [1.29, 1.82) is 0 Å². The largest absolute Gasteiger partial charge is 0.373 e. The first-order valence-electron chi connectivity index (χ1n) is 6.48. The van der Waals surface area contributed by atoms with Crippen LogP contribution in [0.5, 0.6) is 0 Å². The minimum atomic E-state index is 0.606. The van der Waals surface area contributed by atoms with Crippen LogP contribution in [0.4, 0.5) is 5.69 Å². The summed E-state index contributed by atoms with van der Waals surface area (Å²) < 4.78 is 0. The zero-order valence-electron chi connectivity index (χ0n) is 10.9. The van der Waals surface area contributed by atoms with Crippen LogP contribution in [0.1, 0.15) is 12.0 Å². The highest BCUT2D eigenvalue weighted by molar-refractivity contribution is 8.00. The Kier molecular flexibility index (Phi) is 3.20. The second-order valence-corrected chi connectivity index (χ2v) is 6.39. The molecule has 4 heteroatoms. The van der Waals surface area contributed by atoms with Gasteiger partial charge in [0.25, 0.3) is 0 Å². The molecule has 0 saturated heterocycles. The van der Waals surface area contributed by atoms with E-state index in [-0.39, 0.29) is 0 Å². The van der Waals surface area contributed by atoms with Crippen molar-refractivity contribution < 1.29 is 0 Å². The highest BCUT2D eigenvalue weighted by Gasteiger charge is 2.24. The quantitative estimate of drug-likeness (QED) is 0.885. The molecule has 2 aliphatic heterocycles. The van der Waals surface area contributed by atoms with Gasteiger partial charge in [0, 0.05) is 36.7 Å². The Morgan fingerprint density at radius 2 is 2.39 bits per heavy atom. The molecule has 0 amide bonds. The van der Waals surface area contributed by atoms with E-state index in [0.29, 0.717) is 5.25 Å². The number of benzene rings is 1. The van der Waals surface area contributed by atoms with E-state index >= 15 is 0 Å². The Balaban J connectivity index is 1.76. The van der Waals surface area contributed by atoms with E-state index in [0.717, 1.165) is 26.1 Å². The first-order valence-corrected chi connectivity index (χ1v) is 7.36.